The lowest BCUT2D eigenvalue weighted by molar-refractivity contribution is -0.150. The van der Waals surface area contributed by atoms with Crippen molar-refractivity contribution in [3.8, 4) is 0 Å². The Morgan fingerprint density at radius 2 is 1.73 bits per heavy atom. The minimum absolute atomic E-state index is 0.174. The van der Waals surface area contributed by atoms with Gasteiger partial charge in [-0.15, -0.1) is 0 Å². The Bertz CT molecular complexity index is 578. The fourth-order valence-electron chi connectivity index (χ4n) is 2.79. The van der Waals surface area contributed by atoms with E-state index in [9.17, 15) is 9.59 Å². The van der Waals surface area contributed by atoms with Crippen LogP contribution in [0.25, 0.3) is 0 Å². The van der Waals surface area contributed by atoms with E-state index in [1.807, 2.05) is 13.8 Å². The summed E-state index contributed by atoms with van der Waals surface area (Å²) in [5.74, 6) is 3.96. The fourth-order valence-corrected chi connectivity index (χ4v) is 2.79. The van der Waals surface area contributed by atoms with E-state index in [0.29, 0.717) is 36.9 Å². The van der Waals surface area contributed by atoms with E-state index in [0.717, 1.165) is 11.1 Å². The molecule has 1 aliphatic rings. The van der Waals surface area contributed by atoms with Crippen molar-refractivity contribution >= 4 is 17.6 Å². The smallest absolute Gasteiger partial charge is 0.338 e. The number of carbonyl (C=O) groups excluding carboxylic acids is 2. The van der Waals surface area contributed by atoms with Gasteiger partial charge in [0.1, 0.15) is 6.10 Å². The highest BCUT2D eigenvalue weighted by Crippen LogP contribution is 2.28. The number of hydrogen-bond acceptors (Lipinski definition) is 6. The first-order valence-electron chi connectivity index (χ1n) is 7.41. The molecule has 1 aromatic rings. The van der Waals surface area contributed by atoms with Gasteiger partial charge < -0.3 is 15.3 Å². The molecule has 6 nitrogen and oxygen atoms in total. The summed E-state index contributed by atoms with van der Waals surface area (Å²) in [6, 6.07) is 3.41. The summed E-state index contributed by atoms with van der Waals surface area (Å²) in [6.45, 7) is 3.74. The van der Waals surface area contributed by atoms with Gasteiger partial charge >= 0.3 is 11.9 Å². The van der Waals surface area contributed by atoms with Gasteiger partial charge in [-0.1, -0.05) is 0 Å². The van der Waals surface area contributed by atoms with Gasteiger partial charge in [0.2, 0.25) is 0 Å². The lowest BCUT2D eigenvalue weighted by atomic mass is 9.87. The van der Waals surface area contributed by atoms with E-state index in [1.54, 1.807) is 12.1 Å². The molecule has 0 saturated heterocycles. The third-order valence-corrected chi connectivity index (χ3v) is 4.45. The molecule has 22 heavy (non-hydrogen) atoms. The van der Waals surface area contributed by atoms with Crippen molar-refractivity contribution in [2.24, 2.45) is 11.8 Å². The maximum atomic E-state index is 12.3. The van der Waals surface area contributed by atoms with Crippen molar-refractivity contribution in [3.63, 3.8) is 0 Å². The molecule has 0 amide bonds. The van der Waals surface area contributed by atoms with Crippen molar-refractivity contribution in [1.82, 2.24) is 0 Å². The van der Waals surface area contributed by atoms with E-state index in [2.05, 4.69) is 4.84 Å². The lowest BCUT2D eigenvalue weighted by Crippen LogP contribution is -2.30. The van der Waals surface area contributed by atoms with Crippen LogP contribution in [0.4, 0.5) is 5.69 Å². The Morgan fingerprint density at radius 1 is 1.09 bits per heavy atom. The molecular formula is C16H22N2O4. The Labute approximate surface area is 129 Å². The van der Waals surface area contributed by atoms with Crippen LogP contribution in [0.15, 0.2) is 12.1 Å². The zero-order chi connectivity index (χ0) is 16.3. The van der Waals surface area contributed by atoms with Crippen LogP contribution in [0.5, 0.6) is 0 Å². The van der Waals surface area contributed by atoms with Crippen LogP contribution < -0.4 is 11.6 Å². The van der Waals surface area contributed by atoms with Gasteiger partial charge in [0.05, 0.1) is 11.5 Å². The molecular weight excluding hydrogens is 284 g/mol. The first-order valence-corrected chi connectivity index (χ1v) is 7.41. The van der Waals surface area contributed by atoms with Crippen LogP contribution in [0.2, 0.25) is 0 Å². The van der Waals surface area contributed by atoms with Gasteiger partial charge in [0.25, 0.3) is 0 Å². The standard InChI is InChI=1S/C16H22N2O4/c1-9-10(2)14(17)8-7-13(9)16(20)21-12-5-3-11(4-6-12)15(19)22-18/h7-8,11-12H,3-6,17-18H2,1-2H3. The quantitative estimate of drug-likeness (QED) is 0.503. The van der Waals surface area contributed by atoms with Gasteiger partial charge in [-0.2, -0.15) is 5.90 Å². The van der Waals surface area contributed by atoms with E-state index < -0.39 is 5.97 Å². The molecule has 0 bridgehead atoms. The number of esters is 1. The summed E-state index contributed by atoms with van der Waals surface area (Å²) >= 11 is 0. The third-order valence-electron chi connectivity index (χ3n) is 4.45. The Kier molecular flexibility index (Phi) is 5.03. The van der Waals surface area contributed by atoms with Crippen molar-refractivity contribution in [3.05, 3.63) is 28.8 Å². The largest absolute Gasteiger partial charge is 0.459 e. The minimum Gasteiger partial charge on any atom is -0.459 e. The number of anilines is 1. The van der Waals surface area contributed by atoms with Crippen LogP contribution in [0, 0.1) is 19.8 Å². The van der Waals surface area contributed by atoms with Crippen LogP contribution in [0.1, 0.15) is 47.2 Å². The predicted octanol–water partition coefficient (Wildman–Crippen LogP) is 2.02. The molecule has 1 aromatic carbocycles. The average Bonchev–Trinajstić information content (AvgIpc) is 2.52. The molecule has 2 rings (SSSR count). The van der Waals surface area contributed by atoms with Gasteiger partial charge in [-0.25, -0.2) is 4.79 Å². The van der Waals surface area contributed by atoms with Crippen molar-refractivity contribution in [2.45, 2.75) is 45.6 Å². The highest BCUT2D eigenvalue weighted by atomic mass is 16.7. The second-order valence-corrected chi connectivity index (χ2v) is 5.77. The topological polar surface area (TPSA) is 105 Å². The van der Waals surface area contributed by atoms with Crippen molar-refractivity contribution in [2.75, 3.05) is 5.73 Å². The molecule has 120 valence electrons. The molecule has 0 aromatic heterocycles. The molecule has 0 aliphatic heterocycles. The van der Waals surface area contributed by atoms with E-state index >= 15 is 0 Å². The molecule has 6 heteroatoms. The Balaban J connectivity index is 1.97. The monoisotopic (exact) mass is 306 g/mol. The molecule has 1 aliphatic carbocycles. The molecule has 0 unspecified atom stereocenters. The van der Waals surface area contributed by atoms with Gasteiger partial charge in [-0.05, 0) is 62.8 Å². The summed E-state index contributed by atoms with van der Waals surface area (Å²) < 4.78 is 5.55. The molecule has 4 N–H and O–H groups in total. The number of nitrogen functional groups attached to an aromatic ring is 1. The number of nitrogens with two attached hydrogens (primary N) is 2. The maximum Gasteiger partial charge on any atom is 0.338 e. The lowest BCUT2D eigenvalue weighted by Gasteiger charge is -2.26. The summed E-state index contributed by atoms with van der Waals surface area (Å²) in [5, 5.41) is 0. The van der Waals surface area contributed by atoms with E-state index in [4.69, 9.17) is 16.4 Å². The highest BCUT2D eigenvalue weighted by molar-refractivity contribution is 5.92. The Hall–Kier alpha value is -2.08. The second kappa shape index (κ2) is 6.79. The minimum atomic E-state index is -0.394. The molecule has 1 saturated carbocycles. The SMILES string of the molecule is Cc1c(N)ccc(C(=O)OC2CCC(C(=O)ON)CC2)c1C. The summed E-state index contributed by atoms with van der Waals surface area (Å²) in [7, 11) is 0. The van der Waals surface area contributed by atoms with Gasteiger partial charge in [-0.3, -0.25) is 4.79 Å². The van der Waals surface area contributed by atoms with Crippen LogP contribution in [0.3, 0.4) is 0 Å². The number of benzene rings is 1. The highest BCUT2D eigenvalue weighted by Gasteiger charge is 2.29. The van der Waals surface area contributed by atoms with Crippen LogP contribution in [-0.2, 0) is 14.4 Å². The van der Waals surface area contributed by atoms with Gasteiger partial charge in [0, 0.05) is 5.69 Å². The molecule has 0 atom stereocenters. The van der Waals surface area contributed by atoms with Gasteiger partial charge in [0.15, 0.2) is 0 Å². The zero-order valence-corrected chi connectivity index (χ0v) is 12.9. The van der Waals surface area contributed by atoms with E-state index in [1.165, 1.54) is 0 Å². The maximum absolute atomic E-state index is 12.3. The Morgan fingerprint density at radius 3 is 2.32 bits per heavy atom. The first-order chi connectivity index (χ1) is 10.4. The summed E-state index contributed by atoms with van der Waals surface area (Å²) in [5.41, 5.74) is 8.75. The van der Waals surface area contributed by atoms with E-state index in [-0.39, 0.29) is 18.0 Å². The number of ether oxygens (including phenoxy) is 1. The third kappa shape index (κ3) is 3.39. The summed E-state index contributed by atoms with van der Waals surface area (Å²) in [4.78, 5) is 27.9. The van der Waals surface area contributed by atoms with Crippen molar-refractivity contribution in [1.29, 1.82) is 0 Å². The molecule has 0 heterocycles. The molecule has 1 fully saturated rings. The normalized spacial score (nSPS) is 21.2. The number of hydrogen-bond donors (Lipinski definition) is 2. The predicted molar refractivity (Wildman–Crippen MR) is 81.8 cm³/mol. The second-order valence-electron chi connectivity index (χ2n) is 5.77. The number of carbonyl (C=O) groups is 2. The first kappa shape index (κ1) is 16.3. The zero-order valence-electron chi connectivity index (χ0n) is 12.9. The van der Waals surface area contributed by atoms with Crippen LogP contribution >= 0.6 is 0 Å². The summed E-state index contributed by atoms with van der Waals surface area (Å²) in [6.07, 6.45) is 2.34. The van der Waals surface area contributed by atoms with Crippen molar-refractivity contribution < 1.29 is 19.2 Å². The average molecular weight is 306 g/mol. The van der Waals surface area contributed by atoms with Crippen LogP contribution in [-0.4, -0.2) is 18.0 Å². The molecule has 0 spiro atoms. The number of rotatable bonds is 3. The molecule has 0 radical (unpaired) electrons. The fraction of sp³-hybridized carbons (Fsp3) is 0.500.